The van der Waals surface area contributed by atoms with E-state index in [1.54, 1.807) is 6.92 Å². The van der Waals surface area contributed by atoms with Gasteiger partial charge in [0.15, 0.2) is 0 Å². The van der Waals surface area contributed by atoms with Gasteiger partial charge in [0, 0.05) is 17.8 Å². The zero-order chi connectivity index (χ0) is 14.7. The van der Waals surface area contributed by atoms with Crippen LogP contribution in [0.5, 0.6) is 5.75 Å². The zero-order valence-electron chi connectivity index (χ0n) is 10.8. The lowest BCUT2D eigenvalue weighted by molar-refractivity contribution is -0.384. The maximum Gasteiger partial charge on any atom is 0.271 e. The van der Waals surface area contributed by atoms with Crippen molar-refractivity contribution < 1.29 is 14.5 Å². The van der Waals surface area contributed by atoms with Crippen LogP contribution in [0.1, 0.15) is 16.1 Å². The quantitative estimate of drug-likeness (QED) is 0.654. The first kappa shape index (κ1) is 13.5. The molecule has 1 aromatic heterocycles. The molecule has 0 fully saturated rings. The molecule has 104 valence electrons. The van der Waals surface area contributed by atoms with E-state index in [4.69, 9.17) is 4.74 Å². The average molecular weight is 276 g/mol. The van der Waals surface area contributed by atoms with E-state index in [2.05, 4.69) is 15.5 Å². The van der Waals surface area contributed by atoms with Crippen LogP contribution >= 0.6 is 0 Å². The largest absolute Gasteiger partial charge is 0.495 e. The van der Waals surface area contributed by atoms with Crippen LogP contribution < -0.4 is 10.1 Å². The minimum atomic E-state index is -0.543. The minimum Gasteiger partial charge on any atom is -0.495 e. The first-order chi connectivity index (χ1) is 9.52. The number of aryl methyl sites for hydroxylation is 1. The van der Waals surface area contributed by atoms with Crippen molar-refractivity contribution in [1.29, 1.82) is 0 Å². The molecule has 0 spiro atoms. The number of aromatic nitrogens is 2. The molecule has 0 aliphatic carbocycles. The number of methoxy groups -OCH3 is 1. The number of amides is 1. The molecule has 0 bridgehead atoms. The Morgan fingerprint density at radius 3 is 2.80 bits per heavy atom. The number of carbonyl (C=O) groups excluding carboxylic acids is 1. The van der Waals surface area contributed by atoms with Gasteiger partial charge in [0.1, 0.15) is 5.75 Å². The Bertz CT molecular complexity index is 665. The van der Waals surface area contributed by atoms with E-state index in [0.717, 1.165) is 0 Å². The van der Waals surface area contributed by atoms with Gasteiger partial charge in [0.25, 0.3) is 11.6 Å². The Kier molecular flexibility index (Phi) is 3.65. The number of ether oxygens (including phenoxy) is 1. The molecule has 0 radical (unpaired) electrons. The lowest BCUT2D eigenvalue weighted by atomic mass is 10.2. The van der Waals surface area contributed by atoms with Crippen LogP contribution in [0.15, 0.2) is 24.4 Å². The Morgan fingerprint density at radius 2 is 2.25 bits per heavy atom. The summed E-state index contributed by atoms with van der Waals surface area (Å²) < 4.78 is 5.07. The molecule has 8 heteroatoms. The summed E-state index contributed by atoms with van der Waals surface area (Å²) in [6, 6.07) is 3.97. The van der Waals surface area contributed by atoms with Crippen LogP contribution in [0.25, 0.3) is 0 Å². The van der Waals surface area contributed by atoms with Gasteiger partial charge in [-0.3, -0.25) is 20.0 Å². The number of benzene rings is 1. The third-order valence-electron chi connectivity index (χ3n) is 2.72. The fourth-order valence-electron chi connectivity index (χ4n) is 1.68. The lowest BCUT2D eigenvalue weighted by Crippen LogP contribution is -2.13. The fraction of sp³-hybridized carbons (Fsp3) is 0.167. The monoisotopic (exact) mass is 276 g/mol. The van der Waals surface area contributed by atoms with Crippen molar-refractivity contribution in [2.75, 3.05) is 12.4 Å². The summed E-state index contributed by atoms with van der Waals surface area (Å²) in [5.74, 6) is -0.0832. The first-order valence-electron chi connectivity index (χ1n) is 5.66. The van der Waals surface area contributed by atoms with Gasteiger partial charge in [0.05, 0.1) is 29.5 Å². The van der Waals surface area contributed by atoms with Gasteiger partial charge in [-0.2, -0.15) is 5.10 Å². The number of hydrogen-bond donors (Lipinski definition) is 2. The summed E-state index contributed by atoms with van der Waals surface area (Å²) in [4.78, 5) is 22.3. The molecule has 0 aliphatic rings. The molecular weight excluding hydrogens is 264 g/mol. The number of anilines is 1. The minimum absolute atomic E-state index is 0.134. The fourth-order valence-corrected chi connectivity index (χ4v) is 1.68. The molecule has 0 unspecified atom stereocenters. The van der Waals surface area contributed by atoms with Crippen LogP contribution in [0.3, 0.4) is 0 Å². The van der Waals surface area contributed by atoms with E-state index >= 15 is 0 Å². The highest BCUT2D eigenvalue weighted by atomic mass is 16.6. The standard InChI is InChI=1S/C12H12N4O4/c1-7-9(6-13-15-7)12(17)14-10-5-8(16(18)19)3-4-11(10)20-2/h3-6H,1-2H3,(H,13,15)(H,14,17). The number of hydrogen-bond acceptors (Lipinski definition) is 5. The summed E-state index contributed by atoms with van der Waals surface area (Å²) in [6.45, 7) is 1.70. The summed E-state index contributed by atoms with van der Waals surface area (Å²) in [6.07, 6.45) is 1.38. The number of nitrogens with one attached hydrogen (secondary N) is 2. The van der Waals surface area contributed by atoms with Crippen LogP contribution in [-0.2, 0) is 0 Å². The van der Waals surface area contributed by atoms with Gasteiger partial charge in [0.2, 0.25) is 0 Å². The Labute approximate surface area is 113 Å². The van der Waals surface area contributed by atoms with Crippen LogP contribution in [-0.4, -0.2) is 28.1 Å². The normalized spacial score (nSPS) is 10.1. The first-order valence-corrected chi connectivity index (χ1v) is 5.66. The van der Waals surface area contributed by atoms with Crippen LogP contribution in [0.4, 0.5) is 11.4 Å². The van der Waals surface area contributed by atoms with Crippen molar-refractivity contribution in [2.24, 2.45) is 0 Å². The molecule has 20 heavy (non-hydrogen) atoms. The molecule has 2 aromatic rings. The van der Waals surface area contributed by atoms with Gasteiger partial charge in [-0.15, -0.1) is 0 Å². The third kappa shape index (κ3) is 2.58. The van der Waals surface area contributed by atoms with Crippen LogP contribution in [0, 0.1) is 17.0 Å². The van der Waals surface area contributed by atoms with E-state index in [0.29, 0.717) is 17.0 Å². The second-order valence-electron chi connectivity index (χ2n) is 4.00. The van der Waals surface area contributed by atoms with E-state index in [1.165, 1.54) is 31.5 Å². The summed E-state index contributed by atoms with van der Waals surface area (Å²) >= 11 is 0. The number of non-ortho nitro benzene ring substituents is 1. The Morgan fingerprint density at radius 1 is 1.50 bits per heavy atom. The topological polar surface area (TPSA) is 110 Å². The van der Waals surface area contributed by atoms with E-state index in [-0.39, 0.29) is 11.4 Å². The van der Waals surface area contributed by atoms with Crippen molar-refractivity contribution in [3.63, 3.8) is 0 Å². The number of aromatic amines is 1. The lowest BCUT2D eigenvalue weighted by Gasteiger charge is -2.09. The summed E-state index contributed by atoms with van der Waals surface area (Å²) in [7, 11) is 1.42. The van der Waals surface area contributed by atoms with E-state index in [1.807, 2.05) is 0 Å². The SMILES string of the molecule is COc1ccc([N+](=O)[O-])cc1NC(=O)c1cn[nH]c1C. The molecule has 1 heterocycles. The maximum absolute atomic E-state index is 12.0. The highest BCUT2D eigenvalue weighted by Gasteiger charge is 2.16. The maximum atomic E-state index is 12.0. The van der Waals surface area contributed by atoms with E-state index in [9.17, 15) is 14.9 Å². The third-order valence-corrected chi connectivity index (χ3v) is 2.72. The van der Waals surface area contributed by atoms with Crippen molar-refractivity contribution in [3.05, 3.63) is 45.8 Å². The average Bonchev–Trinajstić information content (AvgIpc) is 2.84. The molecule has 0 saturated heterocycles. The Balaban J connectivity index is 2.32. The van der Waals surface area contributed by atoms with Gasteiger partial charge in [-0.05, 0) is 13.0 Å². The molecule has 0 aliphatic heterocycles. The number of rotatable bonds is 4. The summed E-state index contributed by atoms with van der Waals surface area (Å²) in [5, 5.41) is 19.7. The second-order valence-corrected chi connectivity index (χ2v) is 4.00. The summed E-state index contributed by atoms with van der Waals surface area (Å²) in [5.41, 5.74) is 1.06. The highest BCUT2D eigenvalue weighted by Crippen LogP contribution is 2.29. The molecular formula is C12H12N4O4. The predicted octanol–water partition coefficient (Wildman–Crippen LogP) is 1.89. The van der Waals surface area contributed by atoms with Crippen molar-refractivity contribution in [2.45, 2.75) is 6.92 Å². The number of H-pyrrole nitrogens is 1. The van der Waals surface area contributed by atoms with Gasteiger partial charge >= 0.3 is 0 Å². The zero-order valence-corrected chi connectivity index (χ0v) is 10.8. The highest BCUT2D eigenvalue weighted by molar-refractivity contribution is 6.05. The predicted molar refractivity (Wildman–Crippen MR) is 70.9 cm³/mol. The molecule has 0 saturated carbocycles. The second kappa shape index (κ2) is 5.39. The molecule has 2 N–H and O–H groups in total. The number of nitro groups is 1. The van der Waals surface area contributed by atoms with E-state index < -0.39 is 10.8 Å². The van der Waals surface area contributed by atoms with Gasteiger partial charge in [-0.25, -0.2) is 0 Å². The Hall–Kier alpha value is -2.90. The van der Waals surface area contributed by atoms with Crippen molar-refractivity contribution >= 4 is 17.3 Å². The van der Waals surface area contributed by atoms with Crippen molar-refractivity contribution in [3.8, 4) is 5.75 Å². The smallest absolute Gasteiger partial charge is 0.271 e. The number of carbonyl (C=O) groups is 1. The molecule has 8 nitrogen and oxygen atoms in total. The van der Waals surface area contributed by atoms with Crippen LogP contribution in [0.2, 0.25) is 0 Å². The number of nitro benzene ring substituents is 1. The number of nitrogens with zero attached hydrogens (tertiary/aromatic N) is 2. The van der Waals surface area contributed by atoms with Gasteiger partial charge in [-0.1, -0.05) is 0 Å². The van der Waals surface area contributed by atoms with Crippen molar-refractivity contribution in [1.82, 2.24) is 10.2 Å². The molecule has 1 amide bonds. The molecule has 0 atom stereocenters. The molecule has 2 rings (SSSR count). The molecule has 1 aromatic carbocycles. The van der Waals surface area contributed by atoms with Gasteiger partial charge < -0.3 is 10.1 Å².